The van der Waals surface area contributed by atoms with Gasteiger partial charge in [0.1, 0.15) is 0 Å². The number of nitrogens with one attached hydrogen (secondary N) is 2. The summed E-state index contributed by atoms with van der Waals surface area (Å²) >= 11 is 0. The van der Waals surface area contributed by atoms with Gasteiger partial charge in [0.15, 0.2) is 0 Å². The van der Waals surface area contributed by atoms with E-state index in [0.29, 0.717) is 19.1 Å². The van der Waals surface area contributed by atoms with Gasteiger partial charge >= 0.3 is 0 Å². The maximum atomic E-state index is 11.7. The third-order valence-corrected chi connectivity index (χ3v) is 5.34. The molecule has 6 heteroatoms. The monoisotopic (exact) mass is 271 g/mol. The van der Waals surface area contributed by atoms with E-state index >= 15 is 0 Å². The molecule has 0 spiro atoms. The molecule has 1 aromatic heterocycles. The van der Waals surface area contributed by atoms with E-state index < -0.39 is 10.0 Å². The smallest absolute Gasteiger partial charge is 0.213 e. The molecule has 0 radical (unpaired) electrons. The SMILES string of the molecule is CCS(=O)(=O)N1CCC(NCc2ccc[nH]2)CC1. The molecule has 2 N–H and O–H groups in total. The minimum absolute atomic E-state index is 0.202. The van der Waals surface area contributed by atoms with Crippen LogP contribution in [0.15, 0.2) is 18.3 Å². The van der Waals surface area contributed by atoms with Crippen LogP contribution in [0, 0.1) is 0 Å². The Bertz CT molecular complexity index is 448. The number of rotatable bonds is 5. The van der Waals surface area contributed by atoms with Crippen LogP contribution in [0.2, 0.25) is 0 Å². The Morgan fingerprint density at radius 2 is 2.17 bits per heavy atom. The highest BCUT2D eigenvalue weighted by Crippen LogP contribution is 2.14. The summed E-state index contributed by atoms with van der Waals surface area (Å²) in [7, 11) is -3.00. The van der Waals surface area contributed by atoms with E-state index in [9.17, 15) is 8.42 Å². The van der Waals surface area contributed by atoms with Gasteiger partial charge in [-0.3, -0.25) is 0 Å². The lowest BCUT2D eigenvalue weighted by atomic mass is 10.1. The first kappa shape index (κ1) is 13.6. The van der Waals surface area contributed by atoms with Crippen LogP contribution in [0.4, 0.5) is 0 Å². The van der Waals surface area contributed by atoms with E-state index in [0.717, 1.165) is 19.4 Å². The first-order valence-electron chi connectivity index (χ1n) is 6.45. The second kappa shape index (κ2) is 5.86. The predicted molar refractivity (Wildman–Crippen MR) is 71.7 cm³/mol. The number of hydrogen-bond acceptors (Lipinski definition) is 3. The summed E-state index contributed by atoms with van der Waals surface area (Å²) in [5.74, 6) is 0.202. The number of piperidine rings is 1. The van der Waals surface area contributed by atoms with Crippen molar-refractivity contribution in [3.05, 3.63) is 24.0 Å². The molecule has 1 aliphatic heterocycles. The normalized spacial score (nSPS) is 19.2. The molecule has 0 unspecified atom stereocenters. The molecule has 0 amide bonds. The average molecular weight is 271 g/mol. The number of aromatic nitrogens is 1. The Labute approximate surface area is 109 Å². The van der Waals surface area contributed by atoms with Gasteiger partial charge in [-0.05, 0) is 31.9 Å². The Balaban J connectivity index is 1.77. The second-order valence-electron chi connectivity index (χ2n) is 4.65. The van der Waals surface area contributed by atoms with E-state index in [1.165, 1.54) is 5.69 Å². The number of nitrogens with zero attached hydrogens (tertiary/aromatic N) is 1. The lowest BCUT2D eigenvalue weighted by Crippen LogP contribution is -2.45. The van der Waals surface area contributed by atoms with E-state index in [-0.39, 0.29) is 5.75 Å². The fraction of sp³-hybridized carbons (Fsp3) is 0.667. The van der Waals surface area contributed by atoms with Gasteiger partial charge in [-0.25, -0.2) is 12.7 Å². The van der Waals surface area contributed by atoms with Gasteiger partial charge < -0.3 is 10.3 Å². The fourth-order valence-corrected chi connectivity index (χ4v) is 3.38. The zero-order valence-electron chi connectivity index (χ0n) is 10.7. The van der Waals surface area contributed by atoms with E-state index in [2.05, 4.69) is 10.3 Å². The van der Waals surface area contributed by atoms with Gasteiger partial charge in [0.05, 0.1) is 5.75 Å². The largest absolute Gasteiger partial charge is 0.364 e. The van der Waals surface area contributed by atoms with Crippen LogP contribution in [0.25, 0.3) is 0 Å². The zero-order chi connectivity index (χ0) is 13.0. The van der Waals surface area contributed by atoms with Crippen molar-refractivity contribution in [3.8, 4) is 0 Å². The molecule has 5 nitrogen and oxygen atoms in total. The Morgan fingerprint density at radius 1 is 1.44 bits per heavy atom. The zero-order valence-corrected chi connectivity index (χ0v) is 11.5. The quantitative estimate of drug-likeness (QED) is 0.837. The van der Waals surface area contributed by atoms with Crippen molar-refractivity contribution in [2.45, 2.75) is 32.4 Å². The average Bonchev–Trinajstić information content (AvgIpc) is 2.90. The molecular formula is C12H21N3O2S. The first-order valence-corrected chi connectivity index (χ1v) is 8.06. The maximum absolute atomic E-state index is 11.7. The van der Waals surface area contributed by atoms with Crippen molar-refractivity contribution in [1.82, 2.24) is 14.6 Å². The van der Waals surface area contributed by atoms with Crippen LogP contribution in [-0.2, 0) is 16.6 Å². The van der Waals surface area contributed by atoms with Crippen molar-refractivity contribution in [1.29, 1.82) is 0 Å². The van der Waals surface area contributed by atoms with Crippen molar-refractivity contribution in [2.75, 3.05) is 18.8 Å². The molecular weight excluding hydrogens is 250 g/mol. The van der Waals surface area contributed by atoms with Crippen LogP contribution in [0.5, 0.6) is 0 Å². The number of hydrogen-bond donors (Lipinski definition) is 2. The Morgan fingerprint density at radius 3 is 2.72 bits per heavy atom. The Kier molecular flexibility index (Phi) is 4.42. The van der Waals surface area contributed by atoms with Gasteiger partial charge in [-0.2, -0.15) is 0 Å². The van der Waals surface area contributed by atoms with E-state index in [1.54, 1.807) is 11.2 Å². The van der Waals surface area contributed by atoms with Gasteiger partial charge in [-0.1, -0.05) is 0 Å². The highest BCUT2D eigenvalue weighted by Gasteiger charge is 2.26. The lowest BCUT2D eigenvalue weighted by Gasteiger charge is -2.31. The fourth-order valence-electron chi connectivity index (χ4n) is 2.25. The summed E-state index contributed by atoms with van der Waals surface area (Å²) in [6.07, 6.45) is 3.69. The molecule has 1 aromatic rings. The summed E-state index contributed by atoms with van der Waals surface area (Å²) in [6, 6.07) is 4.44. The minimum atomic E-state index is -3.00. The van der Waals surface area contributed by atoms with Crippen LogP contribution in [0.3, 0.4) is 0 Å². The third kappa shape index (κ3) is 3.34. The molecule has 2 rings (SSSR count). The molecule has 0 atom stereocenters. The molecule has 0 saturated carbocycles. The molecule has 0 aromatic carbocycles. The van der Waals surface area contributed by atoms with Crippen LogP contribution < -0.4 is 5.32 Å². The van der Waals surface area contributed by atoms with Crippen molar-refractivity contribution in [3.63, 3.8) is 0 Å². The van der Waals surface area contributed by atoms with E-state index in [1.807, 2.05) is 18.3 Å². The predicted octanol–water partition coefficient (Wildman–Crippen LogP) is 0.918. The van der Waals surface area contributed by atoms with Crippen molar-refractivity contribution in [2.24, 2.45) is 0 Å². The Hall–Kier alpha value is -0.850. The third-order valence-electron chi connectivity index (χ3n) is 3.46. The summed E-state index contributed by atoms with van der Waals surface area (Å²) in [5, 5.41) is 3.46. The first-order chi connectivity index (χ1) is 8.62. The van der Waals surface area contributed by atoms with Crippen molar-refractivity contribution >= 4 is 10.0 Å². The lowest BCUT2D eigenvalue weighted by molar-refractivity contribution is 0.288. The molecule has 0 bridgehead atoms. The number of H-pyrrole nitrogens is 1. The van der Waals surface area contributed by atoms with Crippen LogP contribution in [-0.4, -0.2) is 42.6 Å². The van der Waals surface area contributed by atoms with Gasteiger partial charge in [0, 0.05) is 37.6 Å². The molecule has 2 heterocycles. The number of sulfonamides is 1. The van der Waals surface area contributed by atoms with Crippen molar-refractivity contribution < 1.29 is 8.42 Å². The highest BCUT2D eigenvalue weighted by molar-refractivity contribution is 7.89. The van der Waals surface area contributed by atoms with Gasteiger partial charge in [-0.15, -0.1) is 0 Å². The molecule has 102 valence electrons. The summed E-state index contributed by atoms with van der Waals surface area (Å²) < 4.78 is 25.0. The van der Waals surface area contributed by atoms with Crippen LogP contribution in [0.1, 0.15) is 25.5 Å². The summed E-state index contributed by atoms with van der Waals surface area (Å²) in [5.41, 5.74) is 1.17. The molecule has 0 aliphatic carbocycles. The van der Waals surface area contributed by atoms with Crippen LogP contribution >= 0.6 is 0 Å². The van der Waals surface area contributed by atoms with E-state index in [4.69, 9.17) is 0 Å². The molecule has 1 saturated heterocycles. The maximum Gasteiger partial charge on any atom is 0.213 e. The molecule has 1 fully saturated rings. The summed E-state index contributed by atoms with van der Waals surface area (Å²) in [6.45, 7) is 3.79. The molecule has 18 heavy (non-hydrogen) atoms. The number of aromatic amines is 1. The van der Waals surface area contributed by atoms with Gasteiger partial charge in [0.25, 0.3) is 0 Å². The highest BCUT2D eigenvalue weighted by atomic mass is 32.2. The standard InChI is InChI=1S/C12H21N3O2S/c1-2-18(16,17)15-8-5-11(6-9-15)14-10-12-4-3-7-13-12/h3-4,7,11,13-14H,2,5-6,8-10H2,1H3. The molecule has 1 aliphatic rings. The summed E-state index contributed by atoms with van der Waals surface area (Å²) in [4.78, 5) is 3.15. The second-order valence-corrected chi connectivity index (χ2v) is 6.91. The van der Waals surface area contributed by atoms with Gasteiger partial charge in [0.2, 0.25) is 10.0 Å². The topological polar surface area (TPSA) is 65.2 Å². The minimum Gasteiger partial charge on any atom is -0.364 e.